The molecule has 0 atom stereocenters. The molecule has 0 saturated heterocycles. The molecule has 0 radical (unpaired) electrons. The quantitative estimate of drug-likeness (QED) is 0.868. The van der Waals surface area contributed by atoms with Gasteiger partial charge in [-0.25, -0.2) is 4.98 Å². The van der Waals surface area contributed by atoms with Gasteiger partial charge in [0.2, 0.25) is 0 Å². The summed E-state index contributed by atoms with van der Waals surface area (Å²) in [5, 5.41) is 0. The molecule has 6 heteroatoms. The van der Waals surface area contributed by atoms with Crippen LogP contribution in [0.5, 0.6) is 0 Å². The Morgan fingerprint density at radius 3 is 2.53 bits per heavy atom. The molecule has 3 nitrogen and oxygen atoms in total. The van der Waals surface area contributed by atoms with Crippen LogP contribution in [0.2, 0.25) is 0 Å². The van der Waals surface area contributed by atoms with Gasteiger partial charge in [0, 0.05) is 25.8 Å². The van der Waals surface area contributed by atoms with Crippen molar-refractivity contribution in [1.82, 2.24) is 4.98 Å². The fraction of sp³-hybridized carbons (Fsp3) is 0.615. The van der Waals surface area contributed by atoms with Crippen molar-refractivity contribution in [3.63, 3.8) is 0 Å². The zero-order valence-corrected chi connectivity index (χ0v) is 11.3. The Morgan fingerprint density at radius 2 is 2.00 bits per heavy atom. The number of anilines is 1. The maximum Gasteiger partial charge on any atom is 0.390 e. The lowest BCUT2D eigenvalue weighted by molar-refractivity contribution is -0.132. The second kappa shape index (κ2) is 6.75. The Hall–Kier alpha value is -1.30. The van der Waals surface area contributed by atoms with Gasteiger partial charge in [-0.15, -0.1) is 0 Å². The lowest BCUT2D eigenvalue weighted by atomic mass is 10.1. The van der Waals surface area contributed by atoms with Gasteiger partial charge in [-0.1, -0.05) is 13.3 Å². The van der Waals surface area contributed by atoms with Crippen molar-refractivity contribution in [2.45, 2.75) is 38.9 Å². The number of aryl methyl sites for hydroxylation is 1. The van der Waals surface area contributed by atoms with E-state index in [1.54, 1.807) is 13.1 Å². The van der Waals surface area contributed by atoms with Gasteiger partial charge in [0.1, 0.15) is 5.82 Å². The predicted octanol–water partition coefficient (Wildman–Crippen LogP) is 2.88. The highest BCUT2D eigenvalue weighted by atomic mass is 19.4. The van der Waals surface area contributed by atoms with E-state index in [-0.39, 0.29) is 6.54 Å². The van der Waals surface area contributed by atoms with Crippen LogP contribution in [0, 0.1) is 0 Å². The first-order valence-electron chi connectivity index (χ1n) is 6.33. The van der Waals surface area contributed by atoms with Gasteiger partial charge in [-0.3, -0.25) is 0 Å². The van der Waals surface area contributed by atoms with Crippen molar-refractivity contribution in [3.8, 4) is 0 Å². The number of hydrogen-bond donors (Lipinski definition) is 1. The molecule has 1 heterocycles. The Bertz CT molecular complexity index is 405. The number of pyridine rings is 1. The molecule has 0 aliphatic carbocycles. The van der Waals surface area contributed by atoms with Crippen LogP contribution >= 0.6 is 0 Å². The highest BCUT2D eigenvalue weighted by molar-refractivity contribution is 5.42. The monoisotopic (exact) mass is 275 g/mol. The minimum absolute atomic E-state index is 0.101. The lowest BCUT2D eigenvalue weighted by Gasteiger charge is -2.20. The van der Waals surface area contributed by atoms with E-state index in [0.29, 0.717) is 12.4 Å². The second-order valence-corrected chi connectivity index (χ2v) is 4.57. The van der Waals surface area contributed by atoms with Crippen LogP contribution in [0.4, 0.5) is 19.0 Å². The minimum Gasteiger partial charge on any atom is -0.359 e. The van der Waals surface area contributed by atoms with Gasteiger partial charge in [-0.05, 0) is 24.1 Å². The van der Waals surface area contributed by atoms with Crippen molar-refractivity contribution in [2.75, 3.05) is 18.5 Å². The van der Waals surface area contributed by atoms with Crippen LogP contribution < -0.4 is 10.6 Å². The van der Waals surface area contributed by atoms with Crippen LogP contribution in [-0.2, 0) is 13.0 Å². The fourth-order valence-electron chi connectivity index (χ4n) is 1.74. The van der Waals surface area contributed by atoms with Crippen molar-refractivity contribution in [3.05, 3.63) is 23.4 Å². The molecule has 0 aromatic carbocycles. The van der Waals surface area contributed by atoms with Gasteiger partial charge >= 0.3 is 6.18 Å². The molecule has 0 saturated carbocycles. The van der Waals surface area contributed by atoms with E-state index >= 15 is 0 Å². The summed E-state index contributed by atoms with van der Waals surface area (Å²) in [6, 6.07) is 3.65. The third-order valence-electron chi connectivity index (χ3n) is 2.79. The molecular formula is C13H20F3N3. The minimum atomic E-state index is -4.15. The first-order chi connectivity index (χ1) is 8.85. The highest BCUT2D eigenvalue weighted by Gasteiger charge is 2.27. The van der Waals surface area contributed by atoms with Crippen molar-refractivity contribution < 1.29 is 13.2 Å². The normalized spacial score (nSPS) is 11.7. The summed E-state index contributed by atoms with van der Waals surface area (Å²) in [4.78, 5) is 5.89. The first kappa shape index (κ1) is 15.8. The van der Waals surface area contributed by atoms with Crippen molar-refractivity contribution in [2.24, 2.45) is 5.73 Å². The number of nitrogens with zero attached hydrogens (tertiary/aromatic N) is 2. The summed E-state index contributed by atoms with van der Waals surface area (Å²) in [5.41, 5.74) is 7.37. The maximum absolute atomic E-state index is 12.2. The fourth-order valence-corrected chi connectivity index (χ4v) is 1.74. The molecule has 19 heavy (non-hydrogen) atoms. The number of alkyl halides is 3. The molecule has 0 bridgehead atoms. The number of rotatable bonds is 6. The van der Waals surface area contributed by atoms with Crippen LogP contribution in [-0.4, -0.2) is 24.8 Å². The zero-order chi connectivity index (χ0) is 14.5. The summed E-state index contributed by atoms with van der Waals surface area (Å²) in [7, 11) is 1.62. The summed E-state index contributed by atoms with van der Waals surface area (Å²) < 4.78 is 36.6. The topological polar surface area (TPSA) is 42.1 Å². The molecule has 0 fully saturated rings. The average molecular weight is 275 g/mol. The van der Waals surface area contributed by atoms with E-state index in [1.165, 1.54) is 4.90 Å². The third-order valence-corrected chi connectivity index (χ3v) is 2.79. The smallest absolute Gasteiger partial charge is 0.359 e. The lowest BCUT2D eigenvalue weighted by Crippen LogP contribution is -2.25. The first-order valence-corrected chi connectivity index (χ1v) is 6.33. The van der Waals surface area contributed by atoms with Crippen LogP contribution in [0.1, 0.15) is 31.0 Å². The van der Waals surface area contributed by atoms with Crippen molar-refractivity contribution in [1.29, 1.82) is 0 Å². The van der Waals surface area contributed by atoms with E-state index in [9.17, 15) is 13.2 Å². The Labute approximate surface area is 111 Å². The highest BCUT2D eigenvalue weighted by Crippen LogP contribution is 2.22. The summed E-state index contributed by atoms with van der Waals surface area (Å²) in [6.45, 7) is 2.29. The largest absolute Gasteiger partial charge is 0.390 e. The van der Waals surface area contributed by atoms with E-state index < -0.39 is 12.6 Å². The van der Waals surface area contributed by atoms with E-state index in [2.05, 4.69) is 4.98 Å². The van der Waals surface area contributed by atoms with E-state index in [4.69, 9.17) is 5.73 Å². The van der Waals surface area contributed by atoms with Crippen molar-refractivity contribution >= 4 is 5.82 Å². The molecule has 0 spiro atoms. The standard InChI is InChI=1S/C13H20F3N3/c1-3-4-11-7-10(9-17)8-12(18-11)19(2)6-5-13(14,15)16/h7-8H,3-6,9,17H2,1-2H3. The molecule has 0 aliphatic rings. The number of hydrogen-bond acceptors (Lipinski definition) is 3. The van der Waals surface area contributed by atoms with E-state index in [0.717, 1.165) is 24.1 Å². The van der Waals surface area contributed by atoms with Gasteiger partial charge in [0.25, 0.3) is 0 Å². The summed E-state index contributed by atoms with van der Waals surface area (Å²) >= 11 is 0. The number of aromatic nitrogens is 1. The molecule has 108 valence electrons. The van der Waals surface area contributed by atoms with Gasteiger partial charge in [0.05, 0.1) is 6.42 Å². The predicted molar refractivity (Wildman–Crippen MR) is 70.1 cm³/mol. The van der Waals surface area contributed by atoms with Crippen LogP contribution in [0.3, 0.4) is 0 Å². The molecule has 1 aromatic rings. The Morgan fingerprint density at radius 1 is 1.32 bits per heavy atom. The molecule has 2 N–H and O–H groups in total. The molecule has 0 aliphatic heterocycles. The van der Waals surface area contributed by atoms with E-state index in [1.807, 2.05) is 13.0 Å². The Kier molecular flexibility index (Phi) is 5.60. The number of halogens is 3. The van der Waals surface area contributed by atoms with Crippen LogP contribution in [0.15, 0.2) is 12.1 Å². The second-order valence-electron chi connectivity index (χ2n) is 4.57. The molecule has 0 amide bonds. The molecular weight excluding hydrogens is 255 g/mol. The SMILES string of the molecule is CCCc1cc(CN)cc(N(C)CCC(F)(F)F)n1. The van der Waals surface area contributed by atoms with Crippen LogP contribution in [0.25, 0.3) is 0 Å². The average Bonchev–Trinajstić information content (AvgIpc) is 2.35. The Balaban J connectivity index is 2.82. The molecule has 1 aromatic heterocycles. The summed E-state index contributed by atoms with van der Waals surface area (Å²) in [5.74, 6) is 0.552. The van der Waals surface area contributed by atoms with Gasteiger partial charge in [-0.2, -0.15) is 13.2 Å². The third kappa shape index (κ3) is 5.46. The maximum atomic E-state index is 12.2. The number of nitrogens with two attached hydrogens (primary N) is 1. The van der Waals surface area contributed by atoms with Gasteiger partial charge < -0.3 is 10.6 Å². The van der Waals surface area contributed by atoms with Gasteiger partial charge in [0.15, 0.2) is 0 Å². The summed E-state index contributed by atoms with van der Waals surface area (Å²) in [6.07, 6.45) is -3.26. The molecule has 0 unspecified atom stereocenters. The molecule has 1 rings (SSSR count). The zero-order valence-electron chi connectivity index (χ0n) is 11.3.